The van der Waals surface area contributed by atoms with Crippen LogP contribution in [0.1, 0.15) is 70.6 Å². The highest BCUT2D eigenvalue weighted by Crippen LogP contribution is 2.20. The number of amides is 1. The third-order valence-electron chi connectivity index (χ3n) is 4.85. The lowest BCUT2D eigenvalue weighted by Crippen LogP contribution is -2.38. The molecule has 2 rings (SSSR count). The Balaban J connectivity index is 1.65. The van der Waals surface area contributed by atoms with Crippen LogP contribution in [-0.2, 0) is 4.79 Å². The molecule has 3 heteroatoms. The number of nitrogens with one attached hydrogen (secondary N) is 1. The van der Waals surface area contributed by atoms with Gasteiger partial charge < -0.3 is 10.2 Å². The van der Waals surface area contributed by atoms with Crippen molar-refractivity contribution in [1.29, 1.82) is 0 Å². The van der Waals surface area contributed by atoms with Crippen LogP contribution >= 0.6 is 0 Å². The molecule has 0 aromatic heterocycles. The first-order valence-electron chi connectivity index (χ1n) is 8.25. The number of hydrogen-bond donors (Lipinski definition) is 1. The summed E-state index contributed by atoms with van der Waals surface area (Å²) in [6.45, 7) is 1.20. The molecule has 3 nitrogen and oxygen atoms in total. The molecule has 0 aromatic carbocycles. The lowest BCUT2D eigenvalue weighted by atomic mass is 9.98. The predicted molar refractivity (Wildman–Crippen MR) is 79.1 cm³/mol. The molecule has 2 aliphatic rings. The first kappa shape index (κ1) is 14.8. The normalized spacial score (nSPS) is 26.9. The van der Waals surface area contributed by atoms with E-state index in [1.54, 1.807) is 0 Å². The molecule has 0 radical (unpaired) electrons. The summed E-state index contributed by atoms with van der Waals surface area (Å²) in [5.41, 5.74) is 0. The van der Waals surface area contributed by atoms with E-state index in [2.05, 4.69) is 17.3 Å². The summed E-state index contributed by atoms with van der Waals surface area (Å²) in [6, 6.07) is 1.09. The maximum atomic E-state index is 12.0. The van der Waals surface area contributed by atoms with E-state index >= 15 is 0 Å². The van der Waals surface area contributed by atoms with E-state index in [1.165, 1.54) is 64.3 Å². The van der Waals surface area contributed by atoms with Crippen LogP contribution in [0.2, 0.25) is 0 Å². The Kier molecular flexibility index (Phi) is 6.15. The zero-order valence-corrected chi connectivity index (χ0v) is 12.5. The second kappa shape index (κ2) is 7.88. The van der Waals surface area contributed by atoms with Gasteiger partial charge in [-0.15, -0.1) is 0 Å². The second-order valence-electron chi connectivity index (χ2n) is 6.42. The number of nitrogens with zero attached hydrogens (tertiary/aromatic N) is 1. The monoisotopic (exact) mass is 266 g/mol. The Morgan fingerprint density at radius 1 is 1.05 bits per heavy atom. The van der Waals surface area contributed by atoms with E-state index in [-0.39, 0.29) is 5.91 Å². The summed E-state index contributed by atoms with van der Waals surface area (Å²) >= 11 is 0. The van der Waals surface area contributed by atoms with E-state index in [4.69, 9.17) is 0 Å². The van der Waals surface area contributed by atoms with Crippen LogP contribution in [0.3, 0.4) is 0 Å². The number of hydrogen-bond acceptors (Lipinski definition) is 2. The molecule has 0 spiro atoms. The van der Waals surface area contributed by atoms with Crippen LogP contribution in [0.15, 0.2) is 0 Å². The standard InChI is InChI=1S/C16H30N2O/c1-18-13-7-6-10-15(18)11-12-16(19)17-14-8-4-2-3-5-9-14/h14-15H,2-13H2,1H3,(H,17,19). The van der Waals surface area contributed by atoms with Gasteiger partial charge in [0.2, 0.25) is 5.91 Å². The van der Waals surface area contributed by atoms with Gasteiger partial charge in [0.25, 0.3) is 0 Å². The van der Waals surface area contributed by atoms with E-state index in [1.807, 2.05) is 0 Å². The smallest absolute Gasteiger partial charge is 0.220 e. The van der Waals surface area contributed by atoms with Gasteiger partial charge in [-0.3, -0.25) is 4.79 Å². The van der Waals surface area contributed by atoms with Crippen LogP contribution in [0.4, 0.5) is 0 Å². The van der Waals surface area contributed by atoms with Crippen molar-refractivity contribution in [2.45, 2.75) is 82.7 Å². The van der Waals surface area contributed by atoms with Crippen molar-refractivity contribution in [2.75, 3.05) is 13.6 Å². The quantitative estimate of drug-likeness (QED) is 0.793. The number of likely N-dealkylation sites (tertiary alicyclic amines) is 1. The van der Waals surface area contributed by atoms with Gasteiger partial charge in [0.15, 0.2) is 0 Å². The van der Waals surface area contributed by atoms with Crippen molar-refractivity contribution >= 4 is 5.91 Å². The SMILES string of the molecule is CN1CCCCC1CCC(=O)NC1CCCCCC1. The molecule has 1 atom stereocenters. The van der Waals surface area contributed by atoms with E-state index in [0.717, 1.165) is 6.42 Å². The molecule has 1 N–H and O–H groups in total. The highest BCUT2D eigenvalue weighted by atomic mass is 16.1. The van der Waals surface area contributed by atoms with Gasteiger partial charge in [0.1, 0.15) is 0 Å². The van der Waals surface area contributed by atoms with E-state index in [0.29, 0.717) is 18.5 Å². The Labute approximate surface area is 118 Å². The molecule has 1 saturated carbocycles. The minimum Gasteiger partial charge on any atom is -0.353 e. The first-order valence-corrected chi connectivity index (χ1v) is 8.25. The average molecular weight is 266 g/mol. The summed E-state index contributed by atoms with van der Waals surface area (Å²) < 4.78 is 0. The van der Waals surface area contributed by atoms with Gasteiger partial charge in [-0.2, -0.15) is 0 Å². The van der Waals surface area contributed by atoms with Crippen molar-refractivity contribution in [3.05, 3.63) is 0 Å². The average Bonchev–Trinajstić information content (AvgIpc) is 2.66. The van der Waals surface area contributed by atoms with Crippen LogP contribution in [0, 0.1) is 0 Å². The zero-order valence-electron chi connectivity index (χ0n) is 12.5. The first-order chi connectivity index (χ1) is 9.25. The minimum absolute atomic E-state index is 0.283. The van der Waals surface area contributed by atoms with Crippen molar-refractivity contribution < 1.29 is 4.79 Å². The Morgan fingerprint density at radius 2 is 1.74 bits per heavy atom. The topological polar surface area (TPSA) is 32.3 Å². The summed E-state index contributed by atoms with van der Waals surface area (Å²) in [5.74, 6) is 0.283. The molecule has 1 aliphatic carbocycles. The van der Waals surface area contributed by atoms with Gasteiger partial charge in [-0.1, -0.05) is 32.1 Å². The van der Waals surface area contributed by atoms with Crippen LogP contribution in [0.5, 0.6) is 0 Å². The summed E-state index contributed by atoms with van der Waals surface area (Å²) in [6.07, 6.45) is 13.3. The molecule has 2 fully saturated rings. The molecular weight excluding hydrogens is 236 g/mol. The molecule has 1 amide bonds. The maximum absolute atomic E-state index is 12.0. The fourth-order valence-corrected chi connectivity index (χ4v) is 3.53. The van der Waals surface area contributed by atoms with Gasteiger partial charge in [0.05, 0.1) is 0 Å². The molecule has 0 aromatic rings. The molecule has 19 heavy (non-hydrogen) atoms. The van der Waals surface area contributed by atoms with Gasteiger partial charge in [0, 0.05) is 18.5 Å². The summed E-state index contributed by atoms with van der Waals surface area (Å²) in [5, 5.41) is 3.26. The molecule has 110 valence electrons. The van der Waals surface area contributed by atoms with Gasteiger partial charge in [-0.05, 0) is 45.7 Å². The highest BCUT2D eigenvalue weighted by molar-refractivity contribution is 5.76. The number of carbonyl (C=O) groups excluding carboxylic acids is 1. The van der Waals surface area contributed by atoms with Crippen LogP contribution in [0.25, 0.3) is 0 Å². The zero-order chi connectivity index (χ0) is 13.5. The highest BCUT2D eigenvalue weighted by Gasteiger charge is 2.20. The van der Waals surface area contributed by atoms with Gasteiger partial charge in [-0.25, -0.2) is 0 Å². The molecule has 1 saturated heterocycles. The summed E-state index contributed by atoms with van der Waals surface area (Å²) in [7, 11) is 2.20. The van der Waals surface area contributed by atoms with E-state index < -0.39 is 0 Å². The minimum atomic E-state index is 0.283. The van der Waals surface area contributed by atoms with Crippen molar-refractivity contribution in [2.24, 2.45) is 0 Å². The fourth-order valence-electron chi connectivity index (χ4n) is 3.53. The maximum Gasteiger partial charge on any atom is 0.220 e. The Morgan fingerprint density at radius 3 is 2.42 bits per heavy atom. The fraction of sp³-hybridized carbons (Fsp3) is 0.938. The predicted octanol–water partition coefficient (Wildman–Crippen LogP) is 3.09. The van der Waals surface area contributed by atoms with Gasteiger partial charge >= 0.3 is 0 Å². The Bertz CT molecular complexity index is 272. The number of carbonyl (C=O) groups is 1. The molecule has 1 aliphatic heterocycles. The van der Waals surface area contributed by atoms with Crippen molar-refractivity contribution in [3.8, 4) is 0 Å². The molecule has 1 heterocycles. The number of piperidine rings is 1. The van der Waals surface area contributed by atoms with E-state index in [9.17, 15) is 4.79 Å². The second-order valence-corrected chi connectivity index (χ2v) is 6.42. The molecule has 0 bridgehead atoms. The number of rotatable bonds is 4. The third kappa shape index (κ3) is 5.13. The lowest BCUT2D eigenvalue weighted by molar-refractivity contribution is -0.122. The lowest BCUT2D eigenvalue weighted by Gasteiger charge is -2.32. The summed E-state index contributed by atoms with van der Waals surface area (Å²) in [4.78, 5) is 14.5. The van der Waals surface area contributed by atoms with Crippen molar-refractivity contribution in [1.82, 2.24) is 10.2 Å². The van der Waals surface area contributed by atoms with Crippen molar-refractivity contribution in [3.63, 3.8) is 0 Å². The Hall–Kier alpha value is -0.570. The third-order valence-corrected chi connectivity index (χ3v) is 4.85. The largest absolute Gasteiger partial charge is 0.353 e. The molecular formula is C16H30N2O. The van der Waals surface area contributed by atoms with Crippen LogP contribution in [-0.4, -0.2) is 36.5 Å². The van der Waals surface area contributed by atoms with Crippen LogP contribution < -0.4 is 5.32 Å². The molecule has 1 unspecified atom stereocenters.